The van der Waals surface area contributed by atoms with Gasteiger partial charge in [-0.2, -0.15) is 0 Å². The second kappa shape index (κ2) is 5.20. The van der Waals surface area contributed by atoms with E-state index in [4.69, 9.17) is 0 Å². The van der Waals surface area contributed by atoms with Crippen LogP contribution in [0.3, 0.4) is 0 Å². The summed E-state index contributed by atoms with van der Waals surface area (Å²) in [6, 6.07) is 6.18. The summed E-state index contributed by atoms with van der Waals surface area (Å²) in [5.74, 6) is 0.283. The average Bonchev–Trinajstić information content (AvgIpc) is 3.20. The van der Waals surface area contributed by atoms with Crippen LogP contribution in [-0.2, 0) is 10.0 Å². The van der Waals surface area contributed by atoms with E-state index in [9.17, 15) is 13.2 Å². The molecule has 0 bridgehead atoms. The number of carbonyl (C=O) groups excluding carboxylic acids is 1. The topological polar surface area (TPSA) is 63.2 Å². The Morgan fingerprint density at radius 2 is 1.89 bits per heavy atom. The van der Waals surface area contributed by atoms with Crippen molar-refractivity contribution in [2.75, 3.05) is 6.54 Å². The molecule has 2 rings (SSSR count). The van der Waals surface area contributed by atoms with Crippen molar-refractivity contribution in [1.82, 2.24) is 4.72 Å². The van der Waals surface area contributed by atoms with Crippen LogP contribution in [0, 0.1) is 5.92 Å². The van der Waals surface area contributed by atoms with Gasteiger partial charge in [-0.25, -0.2) is 13.1 Å². The maximum Gasteiger partial charge on any atom is 0.240 e. The summed E-state index contributed by atoms with van der Waals surface area (Å²) in [6.45, 7) is 2.32. The third-order valence-corrected chi connectivity index (χ3v) is 4.42. The van der Waals surface area contributed by atoms with Crippen LogP contribution in [0.4, 0.5) is 0 Å². The minimum atomic E-state index is -3.43. The molecule has 0 radical (unpaired) electrons. The fourth-order valence-electron chi connectivity index (χ4n) is 1.70. The van der Waals surface area contributed by atoms with Gasteiger partial charge in [0.2, 0.25) is 10.0 Å². The van der Waals surface area contributed by atoms with Crippen molar-refractivity contribution in [2.24, 2.45) is 5.92 Å². The highest BCUT2D eigenvalue weighted by atomic mass is 32.2. The van der Waals surface area contributed by atoms with Crippen LogP contribution in [-0.4, -0.2) is 20.7 Å². The van der Waals surface area contributed by atoms with Gasteiger partial charge in [0, 0.05) is 18.0 Å². The molecule has 1 aliphatic rings. The van der Waals surface area contributed by atoms with E-state index in [2.05, 4.69) is 4.72 Å². The Morgan fingerprint density at radius 1 is 1.28 bits per heavy atom. The number of rotatable bonds is 6. The summed E-state index contributed by atoms with van der Waals surface area (Å²) in [7, 11) is -3.43. The molecule has 1 saturated carbocycles. The van der Waals surface area contributed by atoms with Gasteiger partial charge < -0.3 is 0 Å². The molecular weight excluding hydrogens is 250 g/mol. The van der Waals surface area contributed by atoms with Crippen LogP contribution in [0.5, 0.6) is 0 Å². The Labute approximate surface area is 107 Å². The molecule has 1 aromatic rings. The molecule has 5 heteroatoms. The van der Waals surface area contributed by atoms with E-state index in [0.29, 0.717) is 12.1 Å². The summed E-state index contributed by atoms with van der Waals surface area (Å²) in [5, 5.41) is 0. The van der Waals surface area contributed by atoms with Crippen LogP contribution < -0.4 is 4.72 Å². The fourth-order valence-corrected chi connectivity index (χ4v) is 2.83. The lowest BCUT2D eigenvalue weighted by Gasteiger charge is -2.06. The molecule has 98 valence electrons. The summed E-state index contributed by atoms with van der Waals surface area (Å²) in [4.78, 5) is 12.0. The lowest BCUT2D eigenvalue weighted by molar-refractivity contribution is 0.0967. The second-order valence-electron chi connectivity index (χ2n) is 4.56. The lowest BCUT2D eigenvalue weighted by atomic mass is 10.1. The number of hydrogen-bond donors (Lipinski definition) is 1. The molecule has 0 atom stereocenters. The molecule has 18 heavy (non-hydrogen) atoms. The fraction of sp³-hybridized carbons (Fsp3) is 0.462. The molecule has 0 unspecified atom stereocenters. The first kappa shape index (κ1) is 13.2. The quantitative estimate of drug-likeness (QED) is 0.801. The molecule has 4 nitrogen and oxygen atoms in total. The van der Waals surface area contributed by atoms with Gasteiger partial charge in [0.1, 0.15) is 0 Å². The smallest absolute Gasteiger partial charge is 0.240 e. The predicted molar refractivity (Wildman–Crippen MR) is 69.0 cm³/mol. The van der Waals surface area contributed by atoms with Gasteiger partial charge in [-0.1, -0.05) is 19.1 Å². The van der Waals surface area contributed by atoms with E-state index in [1.165, 1.54) is 12.1 Å². The van der Waals surface area contributed by atoms with Gasteiger partial charge >= 0.3 is 0 Å². The third kappa shape index (κ3) is 2.97. The van der Waals surface area contributed by atoms with Crippen molar-refractivity contribution < 1.29 is 13.2 Å². The molecule has 0 amide bonds. The predicted octanol–water partition coefficient (Wildman–Crippen LogP) is 1.97. The second-order valence-corrected chi connectivity index (χ2v) is 6.33. The standard InChI is InChI=1S/C13H17NO3S/c1-2-9-14-18(16,17)12-7-5-11(6-8-12)13(15)10-3-4-10/h5-8,10,14H,2-4,9H2,1H3. The van der Waals surface area contributed by atoms with E-state index in [1.54, 1.807) is 12.1 Å². The number of sulfonamides is 1. The average molecular weight is 267 g/mol. The first-order valence-electron chi connectivity index (χ1n) is 6.18. The highest BCUT2D eigenvalue weighted by Crippen LogP contribution is 2.32. The molecule has 1 N–H and O–H groups in total. The van der Waals surface area contributed by atoms with Crippen LogP contribution in [0.25, 0.3) is 0 Å². The van der Waals surface area contributed by atoms with E-state index < -0.39 is 10.0 Å². The van der Waals surface area contributed by atoms with Crippen molar-refractivity contribution in [2.45, 2.75) is 31.1 Å². The molecule has 0 aromatic heterocycles. The first-order chi connectivity index (χ1) is 8.54. The minimum absolute atomic E-state index is 0.125. The number of carbonyl (C=O) groups is 1. The highest BCUT2D eigenvalue weighted by molar-refractivity contribution is 7.89. The Morgan fingerprint density at radius 3 is 2.39 bits per heavy atom. The zero-order chi connectivity index (χ0) is 13.2. The van der Waals surface area contributed by atoms with E-state index >= 15 is 0 Å². The molecule has 0 heterocycles. The summed E-state index contributed by atoms with van der Waals surface area (Å²) < 4.78 is 26.1. The normalized spacial score (nSPS) is 15.6. The highest BCUT2D eigenvalue weighted by Gasteiger charge is 2.30. The number of nitrogens with one attached hydrogen (secondary N) is 1. The molecule has 0 saturated heterocycles. The number of hydrogen-bond acceptors (Lipinski definition) is 3. The number of ketones is 1. The largest absolute Gasteiger partial charge is 0.294 e. The van der Waals surface area contributed by atoms with Crippen LogP contribution in [0.15, 0.2) is 29.2 Å². The molecule has 0 aliphatic heterocycles. The number of Topliss-reactive ketones (excluding diaryl/α,β-unsaturated/α-hetero) is 1. The Bertz CT molecular complexity index is 530. The molecule has 1 aromatic carbocycles. The van der Waals surface area contributed by atoms with E-state index in [-0.39, 0.29) is 16.6 Å². The summed E-state index contributed by atoms with van der Waals surface area (Å²) in [6.07, 6.45) is 2.66. The minimum Gasteiger partial charge on any atom is -0.294 e. The van der Waals surface area contributed by atoms with Crippen molar-refractivity contribution in [3.63, 3.8) is 0 Å². The van der Waals surface area contributed by atoms with Crippen LogP contribution >= 0.6 is 0 Å². The maximum atomic E-state index is 11.8. The number of benzene rings is 1. The zero-order valence-electron chi connectivity index (χ0n) is 10.3. The van der Waals surface area contributed by atoms with Crippen molar-refractivity contribution in [3.8, 4) is 0 Å². The Hall–Kier alpha value is -1.20. The maximum absolute atomic E-state index is 11.8. The lowest BCUT2D eigenvalue weighted by Crippen LogP contribution is -2.24. The third-order valence-electron chi connectivity index (χ3n) is 2.94. The van der Waals surface area contributed by atoms with Gasteiger partial charge in [-0.15, -0.1) is 0 Å². The summed E-state index contributed by atoms with van der Waals surface area (Å²) >= 11 is 0. The molecular formula is C13H17NO3S. The first-order valence-corrected chi connectivity index (χ1v) is 7.67. The van der Waals surface area contributed by atoms with Gasteiger partial charge in [0.25, 0.3) is 0 Å². The van der Waals surface area contributed by atoms with Crippen LogP contribution in [0.1, 0.15) is 36.5 Å². The van der Waals surface area contributed by atoms with E-state index in [0.717, 1.165) is 19.3 Å². The van der Waals surface area contributed by atoms with Crippen molar-refractivity contribution in [3.05, 3.63) is 29.8 Å². The molecule has 1 aliphatic carbocycles. The Kier molecular flexibility index (Phi) is 3.82. The van der Waals surface area contributed by atoms with Crippen molar-refractivity contribution >= 4 is 15.8 Å². The van der Waals surface area contributed by atoms with E-state index in [1.807, 2.05) is 6.92 Å². The van der Waals surface area contributed by atoms with Gasteiger partial charge in [-0.3, -0.25) is 4.79 Å². The van der Waals surface area contributed by atoms with Crippen molar-refractivity contribution in [1.29, 1.82) is 0 Å². The van der Waals surface area contributed by atoms with Crippen LogP contribution in [0.2, 0.25) is 0 Å². The zero-order valence-corrected chi connectivity index (χ0v) is 11.2. The van der Waals surface area contributed by atoms with Gasteiger partial charge in [-0.05, 0) is 31.4 Å². The monoisotopic (exact) mass is 267 g/mol. The molecule has 0 spiro atoms. The van der Waals surface area contributed by atoms with Gasteiger partial charge in [0.15, 0.2) is 5.78 Å². The molecule has 1 fully saturated rings. The SMILES string of the molecule is CCCNS(=O)(=O)c1ccc(C(=O)C2CC2)cc1. The van der Waals surface area contributed by atoms with Gasteiger partial charge in [0.05, 0.1) is 4.90 Å². The summed E-state index contributed by atoms with van der Waals surface area (Å²) in [5.41, 5.74) is 0.604. The Balaban J connectivity index is 2.14.